The van der Waals surface area contributed by atoms with Gasteiger partial charge < -0.3 is 25.5 Å². The topological polar surface area (TPSA) is 118 Å². The summed E-state index contributed by atoms with van der Waals surface area (Å²) in [6.45, 7) is -1.69. The van der Waals surface area contributed by atoms with Gasteiger partial charge in [-0.25, -0.2) is 0 Å². The maximum absolute atomic E-state index is 10.5. The SMILES string of the molecule is C.O=C(CO)[C@@H](O)[C@H](O)[C@H](O)CO. The molecule has 13 heavy (non-hydrogen) atoms. The highest BCUT2D eigenvalue weighted by Gasteiger charge is 2.28. The third-order valence-corrected chi connectivity index (χ3v) is 1.39. The molecule has 0 unspecified atom stereocenters. The molecular formula is C7H16O6. The molecule has 0 fully saturated rings. The second kappa shape index (κ2) is 6.93. The number of hydrogen-bond acceptors (Lipinski definition) is 6. The van der Waals surface area contributed by atoms with E-state index in [-0.39, 0.29) is 7.43 Å². The van der Waals surface area contributed by atoms with Crippen LogP contribution in [0.3, 0.4) is 0 Å². The van der Waals surface area contributed by atoms with Crippen LogP contribution in [-0.4, -0.2) is 62.8 Å². The highest BCUT2D eigenvalue weighted by molar-refractivity contribution is 5.84. The van der Waals surface area contributed by atoms with E-state index in [1.54, 1.807) is 0 Å². The van der Waals surface area contributed by atoms with Crippen LogP contribution in [0.2, 0.25) is 0 Å². The van der Waals surface area contributed by atoms with E-state index in [0.29, 0.717) is 0 Å². The Hall–Kier alpha value is -0.530. The zero-order chi connectivity index (χ0) is 9.72. The van der Waals surface area contributed by atoms with Gasteiger partial charge in [-0.3, -0.25) is 4.79 Å². The Bertz CT molecular complexity index is 148. The van der Waals surface area contributed by atoms with Gasteiger partial charge in [-0.15, -0.1) is 0 Å². The Labute approximate surface area is 76.1 Å². The Kier molecular flexibility index (Phi) is 7.98. The molecule has 0 spiro atoms. The molecule has 0 aliphatic rings. The number of aliphatic hydroxyl groups is 5. The first kappa shape index (κ1) is 15.0. The Morgan fingerprint density at radius 3 is 1.92 bits per heavy atom. The first-order valence-corrected chi connectivity index (χ1v) is 3.33. The molecule has 0 amide bonds. The molecule has 80 valence electrons. The van der Waals surface area contributed by atoms with E-state index in [2.05, 4.69) is 0 Å². The molecular weight excluding hydrogens is 180 g/mol. The van der Waals surface area contributed by atoms with Gasteiger partial charge >= 0.3 is 0 Å². The predicted octanol–water partition coefficient (Wildman–Crippen LogP) is -2.74. The zero-order valence-corrected chi connectivity index (χ0v) is 6.29. The van der Waals surface area contributed by atoms with E-state index in [1.165, 1.54) is 0 Å². The lowest BCUT2D eigenvalue weighted by Gasteiger charge is -2.19. The first-order valence-electron chi connectivity index (χ1n) is 3.33. The Balaban J connectivity index is 0. The van der Waals surface area contributed by atoms with Gasteiger partial charge in [-0.2, -0.15) is 0 Å². The second-order valence-electron chi connectivity index (χ2n) is 2.31. The van der Waals surface area contributed by atoms with Crippen molar-refractivity contribution in [3.8, 4) is 0 Å². The summed E-state index contributed by atoms with van der Waals surface area (Å²) in [7, 11) is 0. The van der Waals surface area contributed by atoms with Gasteiger partial charge in [0.15, 0.2) is 5.78 Å². The van der Waals surface area contributed by atoms with Gasteiger partial charge in [0.05, 0.1) is 6.61 Å². The van der Waals surface area contributed by atoms with Crippen molar-refractivity contribution >= 4 is 5.78 Å². The van der Waals surface area contributed by atoms with Crippen LogP contribution in [0.25, 0.3) is 0 Å². The van der Waals surface area contributed by atoms with Crippen molar-refractivity contribution in [2.75, 3.05) is 13.2 Å². The molecule has 6 heteroatoms. The van der Waals surface area contributed by atoms with Crippen molar-refractivity contribution in [3.05, 3.63) is 0 Å². The van der Waals surface area contributed by atoms with Crippen molar-refractivity contribution in [1.29, 1.82) is 0 Å². The van der Waals surface area contributed by atoms with Gasteiger partial charge in [0.1, 0.15) is 24.9 Å². The monoisotopic (exact) mass is 196 g/mol. The van der Waals surface area contributed by atoms with E-state index in [0.717, 1.165) is 0 Å². The summed E-state index contributed by atoms with van der Waals surface area (Å²) in [4.78, 5) is 10.5. The van der Waals surface area contributed by atoms with Crippen LogP contribution < -0.4 is 0 Å². The molecule has 0 radical (unpaired) electrons. The summed E-state index contributed by atoms with van der Waals surface area (Å²) in [5, 5.41) is 43.1. The van der Waals surface area contributed by atoms with Gasteiger partial charge in [-0.1, -0.05) is 7.43 Å². The largest absolute Gasteiger partial charge is 0.394 e. The third-order valence-electron chi connectivity index (χ3n) is 1.39. The van der Waals surface area contributed by atoms with Crippen molar-refractivity contribution in [2.24, 2.45) is 0 Å². The molecule has 0 saturated heterocycles. The molecule has 0 aromatic heterocycles. The zero-order valence-electron chi connectivity index (χ0n) is 6.29. The summed E-state index contributed by atoms with van der Waals surface area (Å²) in [6.07, 6.45) is -5.22. The maximum atomic E-state index is 10.5. The lowest BCUT2D eigenvalue weighted by atomic mass is 10.1. The molecule has 0 aliphatic carbocycles. The molecule has 5 N–H and O–H groups in total. The molecule has 0 saturated carbocycles. The van der Waals surface area contributed by atoms with Crippen molar-refractivity contribution in [1.82, 2.24) is 0 Å². The van der Waals surface area contributed by atoms with Gasteiger partial charge in [0.2, 0.25) is 0 Å². The average molecular weight is 196 g/mol. The van der Waals surface area contributed by atoms with Crippen molar-refractivity contribution < 1.29 is 30.3 Å². The van der Waals surface area contributed by atoms with Gasteiger partial charge in [0, 0.05) is 0 Å². The first-order chi connectivity index (χ1) is 5.54. The highest BCUT2D eigenvalue weighted by atomic mass is 16.4. The number of carbonyl (C=O) groups is 1. The van der Waals surface area contributed by atoms with Crippen LogP contribution in [0, 0.1) is 0 Å². The number of hydrogen-bond donors (Lipinski definition) is 5. The number of rotatable bonds is 5. The van der Waals surface area contributed by atoms with E-state index in [9.17, 15) is 4.79 Å². The summed E-state index contributed by atoms with van der Waals surface area (Å²) < 4.78 is 0. The lowest BCUT2D eigenvalue weighted by Crippen LogP contribution is -2.44. The van der Waals surface area contributed by atoms with E-state index in [1.807, 2.05) is 0 Å². The van der Waals surface area contributed by atoms with Gasteiger partial charge in [-0.05, 0) is 0 Å². The predicted molar refractivity (Wildman–Crippen MR) is 43.9 cm³/mol. The third kappa shape index (κ3) is 4.30. The summed E-state index contributed by atoms with van der Waals surface area (Å²) in [5.74, 6) is -1.00. The number of Topliss-reactive ketones (excluding diaryl/α,β-unsaturated/α-hetero) is 1. The molecule has 3 atom stereocenters. The number of ketones is 1. The average Bonchev–Trinajstić information content (AvgIpc) is 2.12. The number of carbonyl (C=O) groups excluding carboxylic acids is 1. The number of aliphatic hydroxyl groups excluding tert-OH is 5. The van der Waals surface area contributed by atoms with Crippen molar-refractivity contribution in [2.45, 2.75) is 25.7 Å². The van der Waals surface area contributed by atoms with E-state index < -0.39 is 37.3 Å². The van der Waals surface area contributed by atoms with Crippen LogP contribution in [0.15, 0.2) is 0 Å². The quantitative estimate of drug-likeness (QED) is 0.325. The fourth-order valence-electron chi connectivity index (χ4n) is 0.602. The molecule has 6 nitrogen and oxygen atoms in total. The summed E-state index contributed by atoms with van der Waals surface area (Å²) in [5.41, 5.74) is 0. The fraction of sp³-hybridized carbons (Fsp3) is 0.857. The van der Waals surface area contributed by atoms with E-state index >= 15 is 0 Å². The van der Waals surface area contributed by atoms with Gasteiger partial charge in [0.25, 0.3) is 0 Å². The maximum Gasteiger partial charge on any atom is 0.189 e. The smallest absolute Gasteiger partial charge is 0.189 e. The van der Waals surface area contributed by atoms with Crippen molar-refractivity contribution in [3.63, 3.8) is 0 Å². The standard InChI is InChI=1S/C6H12O6.CH4/c7-1-3(9)5(11)6(12)4(10)2-8;/h3,5-9,11-12H,1-2H2;1H4/t3-,5-,6-;/m1./s1. The minimum atomic E-state index is -1.86. The Morgan fingerprint density at radius 1 is 1.15 bits per heavy atom. The molecule has 0 aliphatic heterocycles. The lowest BCUT2D eigenvalue weighted by molar-refractivity contribution is -0.142. The van der Waals surface area contributed by atoms with Crippen LogP contribution in [0.1, 0.15) is 7.43 Å². The fourth-order valence-corrected chi connectivity index (χ4v) is 0.602. The Morgan fingerprint density at radius 2 is 1.62 bits per heavy atom. The van der Waals surface area contributed by atoms with Crippen LogP contribution in [0.4, 0.5) is 0 Å². The molecule has 0 bridgehead atoms. The summed E-state index contributed by atoms with van der Waals surface area (Å²) >= 11 is 0. The second-order valence-corrected chi connectivity index (χ2v) is 2.31. The van der Waals surface area contributed by atoms with Crippen LogP contribution in [-0.2, 0) is 4.79 Å². The van der Waals surface area contributed by atoms with E-state index in [4.69, 9.17) is 25.5 Å². The minimum absolute atomic E-state index is 0. The van der Waals surface area contributed by atoms with Crippen LogP contribution in [0.5, 0.6) is 0 Å². The highest BCUT2D eigenvalue weighted by Crippen LogP contribution is 2.00. The van der Waals surface area contributed by atoms with Crippen LogP contribution >= 0.6 is 0 Å². The molecule has 0 aromatic rings. The molecule has 0 rings (SSSR count). The molecule has 0 aromatic carbocycles. The molecule has 0 heterocycles. The minimum Gasteiger partial charge on any atom is -0.394 e. The summed E-state index contributed by atoms with van der Waals surface area (Å²) in [6, 6.07) is 0. The normalized spacial score (nSPS) is 17.0.